The van der Waals surface area contributed by atoms with E-state index in [0.717, 1.165) is 23.4 Å². The summed E-state index contributed by atoms with van der Waals surface area (Å²) >= 11 is 1.52. The van der Waals surface area contributed by atoms with Crippen LogP contribution in [0.5, 0.6) is 0 Å². The second kappa shape index (κ2) is 5.69. The molecule has 0 aliphatic carbocycles. The molecule has 0 bridgehead atoms. The van der Waals surface area contributed by atoms with E-state index < -0.39 is 0 Å². The first-order valence-electron chi connectivity index (χ1n) is 7.21. The van der Waals surface area contributed by atoms with E-state index in [9.17, 15) is 9.59 Å². The number of benzene rings is 1. The molecule has 0 saturated carbocycles. The molecule has 112 valence electrons. The molecular formula is C15H19N3O2S. The van der Waals surface area contributed by atoms with Crippen LogP contribution in [0.1, 0.15) is 30.1 Å². The number of piperidine rings is 1. The zero-order valence-electron chi connectivity index (χ0n) is 12.0. The van der Waals surface area contributed by atoms with Crippen molar-refractivity contribution in [2.45, 2.75) is 36.0 Å². The number of rotatable bonds is 1. The van der Waals surface area contributed by atoms with Crippen molar-refractivity contribution in [3.05, 3.63) is 23.8 Å². The molecule has 3 rings (SSSR count). The number of amides is 2. The number of nitrogens with zero attached hydrogens (tertiary/aromatic N) is 1. The van der Waals surface area contributed by atoms with Gasteiger partial charge in [-0.05, 0) is 38.0 Å². The summed E-state index contributed by atoms with van der Waals surface area (Å²) in [4.78, 5) is 27.1. The average Bonchev–Trinajstić information content (AvgIpc) is 2.48. The number of nitrogens with one attached hydrogen (secondary N) is 1. The van der Waals surface area contributed by atoms with Crippen molar-refractivity contribution in [3.63, 3.8) is 0 Å². The van der Waals surface area contributed by atoms with Crippen LogP contribution in [0.4, 0.5) is 5.69 Å². The minimum atomic E-state index is -0.0948. The average molecular weight is 305 g/mol. The number of hydrogen-bond acceptors (Lipinski definition) is 4. The Bertz CT molecular complexity index is 582. The number of nitrogens with two attached hydrogens (primary N) is 1. The molecule has 2 aliphatic rings. The summed E-state index contributed by atoms with van der Waals surface area (Å²) in [5, 5.41) is 2.77. The summed E-state index contributed by atoms with van der Waals surface area (Å²) in [5.74, 6) is 0.00335. The Labute approximate surface area is 128 Å². The van der Waals surface area contributed by atoms with Gasteiger partial charge in [0.15, 0.2) is 0 Å². The highest BCUT2D eigenvalue weighted by molar-refractivity contribution is 8.00. The van der Waals surface area contributed by atoms with Crippen LogP contribution in [0.3, 0.4) is 0 Å². The van der Waals surface area contributed by atoms with Crippen LogP contribution in [-0.4, -0.2) is 41.1 Å². The third-order valence-corrected chi connectivity index (χ3v) is 5.16. The number of carbonyl (C=O) groups is 2. The molecule has 1 aromatic carbocycles. The lowest BCUT2D eigenvalue weighted by Crippen LogP contribution is -2.42. The number of hydrogen-bond donors (Lipinski definition) is 2. The van der Waals surface area contributed by atoms with E-state index in [1.807, 2.05) is 24.0 Å². The number of fused-ring (bicyclic) bond motifs is 1. The second-order valence-corrected chi connectivity index (χ2v) is 6.97. The molecule has 5 nitrogen and oxygen atoms in total. The number of anilines is 1. The molecule has 1 atom stereocenters. The van der Waals surface area contributed by atoms with Gasteiger partial charge in [0.1, 0.15) is 0 Å². The van der Waals surface area contributed by atoms with Gasteiger partial charge in [0.05, 0.1) is 10.9 Å². The van der Waals surface area contributed by atoms with Crippen LogP contribution in [-0.2, 0) is 4.79 Å². The SMILES string of the molecule is CC1Sc2ccc(C(=O)N3CCC(N)CC3)cc2NC1=O. The number of thioether (sulfide) groups is 1. The van der Waals surface area contributed by atoms with Crippen LogP contribution in [0, 0.1) is 0 Å². The van der Waals surface area contributed by atoms with Crippen molar-refractivity contribution in [2.75, 3.05) is 18.4 Å². The van der Waals surface area contributed by atoms with E-state index in [1.54, 1.807) is 6.07 Å². The Morgan fingerprint density at radius 2 is 2.10 bits per heavy atom. The maximum absolute atomic E-state index is 12.5. The van der Waals surface area contributed by atoms with Crippen molar-refractivity contribution >= 4 is 29.3 Å². The predicted molar refractivity (Wildman–Crippen MR) is 83.5 cm³/mol. The Morgan fingerprint density at radius 3 is 2.81 bits per heavy atom. The zero-order valence-corrected chi connectivity index (χ0v) is 12.8. The van der Waals surface area contributed by atoms with Crippen LogP contribution in [0.25, 0.3) is 0 Å². The summed E-state index contributed by atoms with van der Waals surface area (Å²) in [6.07, 6.45) is 1.70. The normalized spacial score (nSPS) is 22.7. The molecule has 0 aromatic heterocycles. The van der Waals surface area contributed by atoms with Gasteiger partial charge in [-0.25, -0.2) is 0 Å². The lowest BCUT2D eigenvalue weighted by molar-refractivity contribution is -0.115. The highest BCUT2D eigenvalue weighted by Crippen LogP contribution is 2.36. The highest BCUT2D eigenvalue weighted by atomic mass is 32.2. The first-order chi connectivity index (χ1) is 10.0. The molecule has 0 radical (unpaired) electrons. The van der Waals surface area contributed by atoms with Gasteiger partial charge >= 0.3 is 0 Å². The van der Waals surface area contributed by atoms with E-state index in [4.69, 9.17) is 5.73 Å². The second-order valence-electron chi connectivity index (χ2n) is 5.59. The van der Waals surface area contributed by atoms with Gasteiger partial charge in [-0.3, -0.25) is 9.59 Å². The van der Waals surface area contributed by atoms with E-state index in [0.29, 0.717) is 18.7 Å². The Kier molecular flexibility index (Phi) is 3.91. The fourth-order valence-corrected chi connectivity index (χ4v) is 3.56. The Hall–Kier alpha value is -1.53. The first kappa shape index (κ1) is 14.4. The van der Waals surface area contributed by atoms with Crippen LogP contribution >= 0.6 is 11.8 Å². The zero-order chi connectivity index (χ0) is 15.0. The van der Waals surface area contributed by atoms with E-state index in [-0.39, 0.29) is 23.1 Å². The fraction of sp³-hybridized carbons (Fsp3) is 0.467. The third-order valence-electron chi connectivity index (χ3n) is 3.98. The van der Waals surface area contributed by atoms with Crippen LogP contribution in [0.15, 0.2) is 23.1 Å². The van der Waals surface area contributed by atoms with Gasteiger partial charge in [-0.15, -0.1) is 11.8 Å². The summed E-state index contributed by atoms with van der Waals surface area (Å²) < 4.78 is 0. The van der Waals surface area contributed by atoms with Gasteiger partial charge < -0.3 is 16.0 Å². The molecule has 2 heterocycles. The molecule has 1 aromatic rings. The van der Waals surface area contributed by atoms with Crippen molar-refractivity contribution in [1.82, 2.24) is 4.90 Å². The largest absolute Gasteiger partial charge is 0.339 e. The number of carbonyl (C=O) groups excluding carboxylic acids is 2. The third kappa shape index (κ3) is 2.91. The summed E-state index contributed by atoms with van der Waals surface area (Å²) in [6.45, 7) is 3.28. The molecule has 1 unspecified atom stereocenters. The Morgan fingerprint density at radius 1 is 1.38 bits per heavy atom. The van der Waals surface area contributed by atoms with Gasteiger partial charge in [0.25, 0.3) is 5.91 Å². The molecule has 6 heteroatoms. The lowest BCUT2D eigenvalue weighted by Gasteiger charge is -2.30. The van der Waals surface area contributed by atoms with Crippen molar-refractivity contribution in [3.8, 4) is 0 Å². The van der Waals surface area contributed by atoms with Gasteiger partial charge in [-0.2, -0.15) is 0 Å². The first-order valence-corrected chi connectivity index (χ1v) is 8.09. The lowest BCUT2D eigenvalue weighted by atomic mass is 10.0. The standard InChI is InChI=1S/C15H19N3O2S/c1-9-14(19)17-12-8-10(2-3-13(12)21-9)15(20)18-6-4-11(16)5-7-18/h2-3,8-9,11H,4-7,16H2,1H3,(H,17,19). The van der Waals surface area contributed by atoms with Crippen LogP contribution in [0.2, 0.25) is 0 Å². The van der Waals surface area contributed by atoms with E-state index >= 15 is 0 Å². The van der Waals surface area contributed by atoms with E-state index in [2.05, 4.69) is 5.32 Å². The molecule has 3 N–H and O–H groups in total. The van der Waals surface area contributed by atoms with E-state index in [1.165, 1.54) is 11.8 Å². The summed E-state index contributed by atoms with van der Waals surface area (Å²) in [5.41, 5.74) is 7.23. The molecule has 0 spiro atoms. The highest BCUT2D eigenvalue weighted by Gasteiger charge is 2.26. The minimum Gasteiger partial charge on any atom is -0.339 e. The quantitative estimate of drug-likeness (QED) is 0.828. The van der Waals surface area contributed by atoms with Crippen molar-refractivity contribution in [1.29, 1.82) is 0 Å². The fourth-order valence-electron chi connectivity index (χ4n) is 2.63. The maximum atomic E-state index is 12.5. The monoisotopic (exact) mass is 305 g/mol. The predicted octanol–water partition coefficient (Wildman–Crippen LogP) is 1.68. The molecule has 2 aliphatic heterocycles. The van der Waals surface area contributed by atoms with Gasteiger partial charge in [0, 0.05) is 29.6 Å². The van der Waals surface area contributed by atoms with Crippen molar-refractivity contribution < 1.29 is 9.59 Å². The molecule has 1 saturated heterocycles. The number of likely N-dealkylation sites (tertiary alicyclic amines) is 1. The van der Waals surface area contributed by atoms with Gasteiger partial charge in [0.2, 0.25) is 5.91 Å². The summed E-state index contributed by atoms with van der Waals surface area (Å²) in [7, 11) is 0. The summed E-state index contributed by atoms with van der Waals surface area (Å²) in [6, 6.07) is 5.74. The molecule has 2 amide bonds. The topological polar surface area (TPSA) is 75.4 Å². The Balaban J connectivity index is 1.79. The minimum absolute atomic E-state index is 0.0129. The smallest absolute Gasteiger partial charge is 0.253 e. The van der Waals surface area contributed by atoms with Crippen molar-refractivity contribution in [2.24, 2.45) is 5.73 Å². The van der Waals surface area contributed by atoms with Crippen LogP contribution < -0.4 is 11.1 Å². The molecular weight excluding hydrogens is 286 g/mol. The molecule has 1 fully saturated rings. The van der Waals surface area contributed by atoms with Gasteiger partial charge in [-0.1, -0.05) is 0 Å². The molecule has 21 heavy (non-hydrogen) atoms. The maximum Gasteiger partial charge on any atom is 0.253 e.